The zero-order valence-electron chi connectivity index (χ0n) is 14.7. The molecule has 1 saturated carbocycles. The van der Waals surface area contributed by atoms with Crippen LogP contribution in [0.5, 0.6) is 5.88 Å². The van der Waals surface area contributed by atoms with Crippen LogP contribution in [0.4, 0.5) is 5.69 Å². The lowest BCUT2D eigenvalue weighted by Gasteiger charge is -2.15. The van der Waals surface area contributed by atoms with Crippen LogP contribution in [0.1, 0.15) is 31.2 Å². The standard InChI is InChI=1S/C18H20N4O5/c23-16(12-21-11-14(22(25)26)7-8-17(21)24)20-10-13-4-3-9-19-18(13)27-15-5-1-2-6-15/h3-4,7-9,11,15H,1-2,5-6,10,12H2,(H,20,23). The van der Waals surface area contributed by atoms with Gasteiger partial charge in [-0.25, -0.2) is 4.98 Å². The van der Waals surface area contributed by atoms with Crippen LogP contribution in [0.15, 0.2) is 41.5 Å². The Balaban J connectivity index is 1.62. The Morgan fingerprint density at radius 3 is 2.85 bits per heavy atom. The first-order valence-corrected chi connectivity index (χ1v) is 8.75. The number of nitrogens with zero attached hydrogens (tertiary/aromatic N) is 3. The number of ether oxygens (including phenoxy) is 1. The Morgan fingerprint density at radius 2 is 2.11 bits per heavy atom. The molecule has 0 spiro atoms. The monoisotopic (exact) mass is 372 g/mol. The van der Waals surface area contributed by atoms with E-state index in [0.717, 1.165) is 54.1 Å². The maximum Gasteiger partial charge on any atom is 0.285 e. The predicted molar refractivity (Wildman–Crippen MR) is 96.3 cm³/mol. The zero-order chi connectivity index (χ0) is 19.2. The van der Waals surface area contributed by atoms with E-state index in [-0.39, 0.29) is 24.9 Å². The van der Waals surface area contributed by atoms with Gasteiger partial charge in [0, 0.05) is 30.4 Å². The lowest BCUT2D eigenvalue weighted by atomic mass is 10.2. The summed E-state index contributed by atoms with van der Waals surface area (Å²) in [6, 6.07) is 5.75. The van der Waals surface area contributed by atoms with Gasteiger partial charge < -0.3 is 10.1 Å². The number of nitro groups is 1. The SMILES string of the molecule is O=C(Cn1cc([N+](=O)[O-])ccc1=O)NCc1cccnc1OC1CCCC1. The molecule has 0 saturated heterocycles. The molecule has 0 radical (unpaired) electrons. The zero-order valence-corrected chi connectivity index (χ0v) is 14.7. The number of aromatic nitrogens is 2. The summed E-state index contributed by atoms with van der Waals surface area (Å²) in [5, 5.41) is 13.5. The van der Waals surface area contributed by atoms with E-state index in [2.05, 4.69) is 10.3 Å². The second kappa shape index (κ2) is 8.43. The van der Waals surface area contributed by atoms with Gasteiger partial charge in [-0.05, 0) is 31.7 Å². The smallest absolute Gasteiger partial charge is 0.285 e. The topological polar surface area (TPSA) is 116 Å². The number of carbonyl (C=O) groups is 1. The fourth-order valence-electron chi connectivity index (χ4n) is 2.98. The number of pyridine rings is 2. The molecule has 1 aliphatic rings. The molecule has 9 nitrogen and oxygen atoms in total. The maximum atomic E-state index is 12.2. The van der Waals surface area contributed by atoms with Gasteiger partial charge in [-0.2, -0.15) is 0 Å². The molecule has 0 atom stereocenters. The van der Waals surface area contributed by atoms with Crippen molar-refractivity contribution < 1.29 is 14.5 Å². The van der Waals surface area contributed by atoms with E-state index in [1.807, 2.05) is 6.07 Å². The van der Waals surface area contributed by atoms with Gasteiger partial charge in [0.2, 0.25) is 11.8 Å². The lowest BCUT2D eigenvalue weighted by molar-refractivity contribution is -0.385. The predicted octanol–water partition coefficient (Wildman–Crippen LogP) is 1.79. The molecular weight excluding hydrogens is 352 g/mol. The minimum Gasteiger partial charge on any atom is -0.474 e. The average molecular weight is 372 g/mol. The van der Waals surface area contributed by atoms with E-state index < -0.39 is 16.4 Å². The lowest BCUT2D eigenvalue weighted by Crippen LogP contribution is -2.31. The molecule has 1 N–H and O–H groups in total. The Kier molecular flexibility index (Phi) is 5.80. The van der Waals surface area contributed by atoms with Gasteiger partial charge in [0.05, 0.1) is 11.1 Å². The van der Waals surface area contributed by atoms with Crippen LogP contribution in [0.2, 0.25) is 0 Å². The van der Waals surface area contributed by atoms with E-state index in [9.17, 15) is 19.7 Å². The highest BCUT2D eigenvalue weighted by Crippen LogP contribution is 2.24. The van der Waals surface area contributed by atoms with Crippen molar-refractivity contribution in [2.75, 3.05) is 0 Å². The van der Waals surface area contributed by atoms with E-state index in [1.54, 1.807) is 12.3 Å². The largest absolute Gasteiger partial charge is 0.474 e. The van der Waals surface area contributed by atoms with Crippen molar-refractivity contribution in [2.24, 2.45) is 0 Å². The molecule has 1 amide bonds. The normalized spacial score (nSPS) is 14.1. The van der Waals surface area contributed by atoms with Crippen LogP contribution >= 0.6 is 0 Å². The highest BCUT2D eigenvalue weighted by Gasteiger charge is 2.19. The van der Waals surface area contributed by atoms with Gasteiger partial charge in [0.15, 0.2) is 0 Å². The summed E-state index contributed by atoms with van der Waals surface area (Å²) in [5.41, 5.74) is 0.00781. The Hall–Kier alpha value is -3.23. The number of hydrogen-bond donors (Lipinski definition) is 1. The van der Waals surface area contributed by atoms with Crippen molar-refractivity contribution in [1.29, 1.82) is 0 Å². The summed E-state index contributed by atoms with van der Waals surface area (Å²) in [6.07, 6.45) is 7.12. The van der Waals surface area contributed by atoms with Crippen molar-refractivity contribution in [1.82, 2.24) is 14.9 Å². The summed E-state index contributed by atoms with van der Waals surface area (Å²) in [5.74, 6) is 0.0606. The number of nitrogens with one attached hydrogen (secondary N) is 1. The van der Waals surface area contributed by atoms with E-state index in [4.69, 9.17) is 4.74 Å². The molecule has 0 unspecified atom stereocenters. The third-order valence-corrected chi connectivity index (χ3v) is 4.40. The quantitative estimate of drug-likeness (QED) is 0.585. The van der Waals surface area contributed by atoms with Crippen LogP contribution in [-0.2, 0) is 17.9 Å². The van der Waals surface area contributed by atoms with Gasteiger partial charge in [0.1, 0.15) is 12.6 Å². The number of amides is 1. The molecule has 27 heavy (non-hydrogen) atoms. The molecule has 1 fully saturated rings. The first-order valence-electron chi connectivity index (χ1n) is 8.75. The van der Waals surface area contributed by atoms with Gasteiger partial charge >= 0.3 is 0 Å². The maximum absolute atomic E-state index is 12.2. The van der Waals surface area contributed by atoms with Crippen molar-refractivity contribution >= 4 is 11.6 Å². The summed E-state index contributed by atoms with van der Waals surface area (Å²) >= 11 is 0. The fraction of sp³-hybridized carbons (Fsp3) is 0.389. The third kappa shape index (κ3) is 4.90. The van der Waals surface area contributed by atoms with Crippen molar-refractivity contribution in [2.45, 2.75) is 44.9 Å². The van der Waals surface area contributed by atoms with E-state index in [0.29, 0.717) is 5.88 Å². The fourth-order valence-corrected chi connectivity index (χ4v) is 2.98. The second-order valence-electron chi connectivity index (χ2n) is 6.38. The molecule has 0 bridgehead atoms. The Labute approximate surface area is 155 Å². The highest BCUT2D eigenvalue weighted by molar-refractivity contribution is 5.75. The van der Waals surface area contributed by atoms with Gasteiger partial charge in [-0.3, -0.25) is 24.3 Å². The number of hydrogen-bond acceptors (Lipinski definition) is 6. The second-order valence-corrected chi connectivity index (χ2v) is 6.38. The average Bonchev–Trinajstić information content (AvgIpc) is 3.16. The molecule has 142 valence electrons. The summed E-state index contributed by atoms with van der Waals surface area (Å²) in [7, 11) is 0. The molecule has 0 aliphatic heterocycles. The number of carbonyl (C=O) groups excluding carboxylic acids is 1. The first kappa shape index (κ1) is 18.6. The molecule has 3 rings (SSSR count). The summed E-state index contributed by atoms with van der Waals surface area (Å²) in [6.45, 7) is -0.113. The molecule has 9 heteroatoms. The highest BCUT2D eigenvalue weighted by atomic mass is 16.6. The first-order chi connectivity index (χ1) is 13.0. The molecule has 1 aliphatic carbocycles. The molecule has 2 aromatic rings. The minimum atomic E-state index is -0.615. The van der Waals surface area contributed by atoms with Crippen LogP contribution in [0.3, 0.4) is 0 Å². The van der Waals surface area contributed by atoms with Crippen molar-refractivity contribution in [3.63, 3.8) is 0 Å². The van der Waals surface area contributed by atoms with Gasteiger partial charge in [-0.15, -0.1) is 0 Å². The Morgan fingerprint density at radius 1 is 1.33 bits per heavy atom. The van der Waals surface area contributed by atoms with Gasteiger partial charge in [-0.1, -0.05) is 6.07 Å². The summed E-state index contributed by atoms with van der Waals surface area (Å²) in [4.78, 5) is 38.4. The van der Waals surface area contributed by atoms with Crippen LogP contribution in [-0.4, -0.2) is 26.5 Å². The number of rotatable bonds is 7. The van der Waals surface area contributed by atoms with E-state index >= 15 is 0 Å². The molecule has 2 aromatic heterocycles. The molecule has 0 aromatic carbocycles. The van der Waals surface area contributed by atoms with Crippen LogP contribution in [0, 0.1) is 10.1 Å². The van der Waals surface area contributed by atoms with Gasteiger partial charge in [0.25, 0.3) is 11.2 Å². The minimum absolute atomic E-state index is 0.151. The van der Waals surface area contributed by atoms with Crippen molar-refractivity contribution in [3.05, 3.63) is 62.7 Å². The van der Waals surface area contributed by atoms with Crippen LogP contribution in [0.25, 0.3) is 0 Å². The molecular formula is C18H20N4O5. The van der Waals surface area contributed by atoms with Crippen LogP contribution < -0.4 is 15.6 Å². The Bertz CT molecular complexity index is 889. The van der Waals surface area contributed by atoms with E-state index in [1.165, 1.54) is 0 Å². The summed E-state index contributed by atoms with van der Waals surface area (Å²) < 4.78 is 6.93. The third-order valence-electron chi connectivity index (χ3n) is 4.40. The van der Waals surface area contributed by atoms with Crippen molar-refractivity contribution in [3.8, 4) is 5.88 Å². The molecule has 2 heterocycles.